The molecule has 0 bridgehead atoms. The van der Waals surface area contributed by atoms with E-state index in [-0.39, 0.29) is 29.8 Å². The summed E-state index contributed by atoms with van der Waals surface area (Å²) in [6.07, 6.45) is 4.88. The van der Waals surface area contributed by atoms with E-state index in [1.54, 1.807) is 0 Å². The molecule has 1 spiro atoms. The maximum absolute atomic E-state index is 12.9. The van der Waals surface area contributed by atoms with Crippen molar-refractivity contribution in [3.8, 4) is 0 Å². The highest BCUT2D eigenvalue weighted by Gasteiger charge is 2.65. The number of nitrogens with zero attached hydrogens (tertiary/aromatic N) is 1. The predicted molar refractivity (Wildman–Crippen MR) is 146 cm³/mol. The zero-order chi connectivity index (χ0) is 26.4. The normalized spacial score (nSPS) is 32.2. The SMILES string of the molecule is CC(=O)OCC1CCCCC1C1CC(C(=O)O)=C2Nc3ccccc3C23C(C)CN(Cc2ccccc2)C13. The Bertz CT molecular complexity index is 1260. The van der Waals surface area contributed by atoms with Crippen LogP contribution < -0.4 is 5.32 Å². The number of ether oxygens (including phenoxy) is 1. The molecule has 2 aliphatic carbocycles. The first-order chi connectivity index (χ1) is 18.4. The van der Waals surface area contributed by atoms with Crippen molar-refractivity contribution in [1.82, 2.24) is 4.90 Å². The highest BCUT2D eigenvalue weighted by Crippen LogP contribution is 2.63. The van der Waals surface area contributed by atoms with Gasteiger partial charge in [-0.05, 0) is 60.1 Å². The number of hydrogen-bond donors (Lipinski definition) is 2. The van der Waals surface area contributed by atoms with E-state index in [0.29, 0.717) is 24.5 Å². The monoisotopic (exact) mass is 514 g/mol. The number of esters is 1. The van der Waals surface area contributed by atoms with Crippen LogP contribution in [0.4, 0.5) is 5.69 Å². The van der Waals surface area contributed by atoms with Crippen LogP contribution in [0.2, 0.25) is 0 Å². The Labute approximate surface area is 225 Å². The zero-order valence-electron chi connectivity index (χ0n) is 22.4. The van der Waals surface area contributed by atoms with Gasteiger partial charge in [0.25, 0.3) is 0 Å². The van der Waals surface area contributed by atoms with E-state index in [0.717, 1.165) is 50.2 Å². The maximum atomic E-state index is 12.9. The standard InChI is InChI=1S/C32H38N2O4/c1-20-17-34(18-22-10-4-3-5-11-22)30-25(24-13-7-6-12-23(24)19-38-21(2)35)16-26(31(36)37)29-32(20,30)27-14-8-9-15-28(27)33-29/h3-5,8-11,14-15,20,23-25,30,33H,6-7,12-13,16-19H2,1-2H3,(H,36,37). The largest absolute Gasteiger partial charge is 0.478 e. The van der Waals surface area contributed by atoms with Gasteiger partial charge in [0.15, 0.2) is 0 Å². The summed E-state index contributed by atoms with van der Waals surface area (Å²) >= 11 is 0. The van der Waals surface area contributed by atoms with E-state index in [1.165, 1.54) is 18.1 Å². The lowest BCUT2D eigenvalue weighted by molar-refractivity contribution is -0.143. The molecule has 1 saturated carbocycles. The second-order valence-corrected chi connectivity index (χ2v) is 11.8. The van der Waals surface area contributed by atoms with Crippen LogP contribution in [-0.2, 0) is 26.3 Å². The molecule has 38 heavy (non-hydrogen) atoms. The molecule has 1 saturated heterocycles. The highest BCUT2D eigenvalue weighted by molar-refractivity contribution is 5.91. The van der Waals surface area contributed by atoms with Crippen molar-refractivity contribution in [3.63, 3.8) is 0 Å². The number of nitrogens with one attached hydrogen (secondary N) is 1. The maximum Gasteiger partial charge on any atom is 0.333 e. The number of carboxylic acid groups (broad SMARTS) is 1. The molecule has 2 aromatic rings. The Balaban J connectivity index is 1.51. The molecule has 6 nitrogen and oxygen atoms in total. The molecule has 2 N–H and O–H groups in total. The van der Waals surface area contributed by atoms with Crippen molar-refractivity contribution in [2.45, 2.75) is 64.0 Å². The van der Waals surface area contributed by atoms with E-state index >= 15 is 0 Å². The molecule has 200 valence electrons. The number of carbonyl (C=O) groups excluding carboxylic acids is 1. The number of para-hydroxylation sites is 1. The highest BCUT2D eigenvalue weighted by atomic mass is 16.5. The molecule has 2 aliphatic heterocycles. The predicted octanol–water partition coefficient (Wildman–Crippen LogP) is 5.60. The number of rotatable bonds is 6. The van der Waals surface area contributed by atoms with E-state index in [4.69, 9.17) is 4.74 Å². The van der Waals surface area contributed by atoms with E-state index in [2.05, 4.69) is 65.7 Å². The van der Waals surface area contributed by atoms with Crippen LogP contribution in [0.1, 0.15) is 57.1 Å². The summed E-state index contributed by atoms with van der Waals surface area (Å²) < 4.78 is 5.58. The summed E-state index contributed by atoms with van der Waals surface area (Å²) in [4.78, 5) is 27.3. The fourth-order valence-electron chi connectivity index (χ4n) is 8.51. The van der Waals surface area contributed by atoms with Crippen molar-refractivity contribution in [2.24, 2.45) is 23.7 Å². The van der Waals surface area contributed by atoms with Gasteiger partial charge in [-0.25, -0.2) is 4.79 Å². The van der Waals surface area contributed by atoms with Gasteiger partial charge in [-0.1, -0.05) is 68.3 Å². The van der Waals surface area contributed by atoms with Gasteiger partial charge in [0.05, 0.1) is 17.6 Å². The van der Waals surface area contributed by atoms with Gasteiger partial charge in [0.1, 0.15) is 0 Å². The Hall–Kier alpha value is -3.12. The summed E-state index contributed by atoms with van der Waals surface area (Å²) in [5.41, 5.74) is 4.60. The summed E-state index contributed by atoms with van der Waals surface area (Å²) in [7, 11) is 0. The van der Waals surface area contributed by atoms with Crippen molar-refractivity contribution in [2.75, 3.05) is 18.5 Å². The van der Waals surface area contributed by atoms with E-state index in [1.807, 2.05) is 6.07 Å². The number of fused-ring (bicyclic) bond motifs is 1. The van der Waals surface area contributed by atoms with Crippen LogP contribution in [0.3, 0.4) is 0 Å². The molecule has 4 aliphatic rings. The number of carboxylic acids is 1. The second-order valence-electron chi connectivity index (χ2n) is 11.8. The first-order valence-electron chi connectivity index (χ1n) is 14.2. The summed E-state index contributed by atoms with van der Waals surface area (Å²) in [6.45, 7) is 5.96. The number of likely N-dealkylation sites (tertiary alicyclic amines) is 1. The molecule has 6 atom stereocenters. The van der Waals surface area contributed by atoms with Gasteiger partial charge in [0.2, 0.25) is 0 Å². The van der Waals surface area contributed by atoms with Gasteiger partial charge in [-0.15, -0.1) is 0 Å². The number of anilines is 1. The number of aliphatic carboxylic acids is 1. The third-order valence-corrected chi connectivity index (χ3v) is 9.84. The summed E-state index contributed by atoms with van der Waals surface area (Å²) in [5.74, 6) is -0.0916. The minimum atomic E-state index is -0.816. The number of hydrogen-bond acceptors (Lipinski definition) is 5. The van der Waals surface area contributed by atoms with Gasteiger partial charge in [-0.3, -0.25) is 9.69 Å². The van der Waals surface area contributed by atoms with Gasteiger partial charge in [0, 0.05) is 37.4 Å². The lowest BCUT2D eigenvalue weighted by Gasteiger charge is -2.51. The second kappa shape index (κ2) is 9.88. The van der Waals surface area contributed by atoms with Crippen molar-refractivity contribution >= 4 is 17.6 Å². The third-order valence-electron chi connectivity index (χ3n) is 9.84. The molecule has 0 aromatic heterocycles. The topological polar surface area (TPSA) is 78.9 Å². The van der Waals surface area contributed by atoms with Crippen molar-refractivity contribution in [1.29, 1.82) is 0 Å². The first kappa shape index (κ1) is 25.2. The lowest BCUT2D eigenvalue weighted by Crippen LogP contribution is -2.55. The molecule has 2 fully saturated rings. The Morgan fingerprint density at radius 3 is 2.55 bits per heavy atom. The van der Waals surface area contributed by atoms with Crippen LogP contribution >= 0.6 is 0 Å². The fourth-order valence-corrected chi connectivity index (χ4v) is 8.51. The van der Waals surface area contributed by atoms with E-state index < -0.39 is 11.4 Å². The molecular formula is C32H38N2O4. The lowest BCUT2D eigenvalue weighted by atomic mass is 9.55. The zero-order valence-corrected chi connectivity index (χ0v) is 22.4. The molecule has 6 heteroatoms. The average Bonchev–Trinajstić information content (AvgIpc) is 3.41. The quantitative estimate of drug-likeness (QED) is 0.489. The summed E-state index contributed by atoms with van der Waals surface area (Å²) in [6, 6.07) is 19.2. The van der Waals surface area contributed by atoms with Crippen molar-refractivity contribution in [3.05, 3.63) is 77.0 Å². The third kappa shape index (κ3) is 3.96. The Morgan fingerprint density at radius 1 is 1.05 bits per heavy atom. The number of benzene rings is 2. The van der Waals surface area contributed by atoms with Crippen LogP contribution in [0.5, 0.6) is 0 Å². The Morgan fingerprint density at radius 2 is 1.79 bits per heavy atom. The molecule has 0 amide bonds. The first-order valence-corrected chi connectivity index (χ1v) is 14.2. The van der Waals surface area contributed by atoms with Gasteiger partial charge in [-0.2, -0.15) is 0 Å². The van der Waals surface area contributed by atoms with Gasteiger partial charge < -0.3 is 15.2 Å². The molecule has 6 rings (SSSR count). The average molecular weight is 515 g/mol. The summed E-state index contributed by atoms with van der Waals surface area (Å²) in [5, 5.41) is 14.2. The fraction of sp³-hybridized carbons (Fsp3) is 0.500. The smallest absolute Gasteiger partial charge is 0.333 e. The van der Waals surface area contributed by atoms with Crippen LogP contribution in [-0.4, -0.2) is 41.1 Å². The van der Waals surface area contributed by atoms with Crippen molar-refractivity contribution < 1.29 is 19.4 Å². The van der Waals surface area contributed by atoms with Crippen LogP contribution in [0.15, 0.2) is 65.9 Å². The minimum Gasteiger partial charge on any atom is -0.478 e. The minimum absolute atomic E-state index is 0.160. The molecule has 0 radical (unpaired) electrons. The Kier molecular flexibility index (Phi) is 6.55. The van der Waals surface area contributed by atoms with Crippen LogP contribution in [0.25, 0.3) is 0 Å². The van der Waals surface area contributed by atoms with Gasteiger partial charge >= 0.3 is 11.9 Å². The van der Waals surface area contributed by atoms with Crippen LogP contribution in [0, 0.1) is 23.7 Å². The molecular weight excluding hydrogens is 476 g/mol. The molecule has 6 unspecified atom stereocenters. The van der Waals surface area contributed by atoms with E-state index in [9.17, 15) is 14.7 Å². The number of carbonyl (C=O) groups is 2. The molecule has 2 aromatic carbocycles. The molecule has 2 heterocycles.